The predicted octanol–water partition coefficient (Wildman–Crippen LogP) is 1.28. The minimum absolute atomic E-state index is 0.0447. The molecule has 0 amide bonds. The molecule has 2 heterocycles. The molecule has 0 saturated carbocycles. The molecule has 27 heavy (non-hydrogen) atoms. The zero-order valence-corrected chi connectivity index (χ0v) is 15.4. The van der Waals surface area contributed by atoms with Crippen molar-refractivity contribution >= 4 is 22.4 Å². The molecule has 0 aliphatic heterocycles. The van der Waals surface area contributed by atoms with Crippen LogP contribution in [0.5, 0.6) is 5.75 Å². The lowest BCUT2D eigenvalue weighted by molar-refractivity contribution is 0.104. The van der Waals surface area contributed by atoms with Crippen molar-refractivity contribution in [3.63, 3.8) is 0 Å². The maximum absolute atomic E-state index is 13.3. The van der Waals surface area contributed by atoms with E-state index in [1.807, 2.05) is 26.2 Å². The van der Waals surface area contributed by atoms with Crippen LogP contribution in [-0.2, 0) is 6.54 Å². The number of hydrogen-bond donors (Lipinski definition) is 3. The molecule has 0 atom stereocenters. The molecule has 0 bridgehead atoms. The van der Waals surface area contributed by atoms with E-state index in [0.29, 0.717) is 42.0 Å². The Morgan fingerprint density at radius 1 is 1.26 bits per heavy atom. The monoisotopic (exact) mass is 366 g/mol. The van der Waals surface area contributed by atoms with Crippen molar-refractivity contribution < 1.29 is 9.90 Å². The van der Waals surface area contributed by atoms with Gasteiger partial charge in [0.2, 0.25) is 0 Å². The number of ketones is 1. The van der Waals surface area contributed by atoms with Gasteiger partial charge in [0.25, 0.3) is 0 Å². The molecule has 0 radical (unpaired) electrons. The zero-order valence-electron chi connectivity index (χ0n) is 15.4. The van der Waals surface area contributed by atoms with Crippen LogP contribution in [-0.4, -0.2) is 64.3 Å². The summed E-state index contributed by atoms with van der Waals surface area (Å²) in [6.07, 6.45) is 2.83. The van der Waals surface area contributed by atoms with E-state index in [1.54, 1.807) is 4.68 Å². The second-order valence-electron chi connectivity index (χ2n) is 6.88. The summed E-state index contributed by atoms with van der Waals surface area (Å²) in [6.45, 7) is 2.50. The van der Waals surface area contributed by atoms with Gasteiger partial charge in [-0.3, -0.25) is 14.5 Å². The van der Waals surface area contributed by atoms with Crippen molar-refractivity contribution in [2.45, 2.75) is 6.54 Å². The van der Waals surface area contributed by atoms with Crippen molar-refractivity contribution in [3.8, 4) is 17.0 Å². The molecule has 8 nitrogen and oxygen atoms in total. The van der Waals surface area contributed by atoms with Crippen molar-refractivity contribution in [1.29, 1.82) is 0 Å². The number of likely N-dealkylation sites (N-methyl/N-ethyl adjacent to an activating group) is 1. The van der Waals surface area contributed by atoms with E-state index in [-0.39, 0.29) is 11.5 Å². The van der Waals surface area contributed by atoms with Crippen LogP contribution in [0.4, 0.5) is 5.69 Å². The Morgan fingerprint density at radius 3 is 2.81 bits per heavy atom. The summed E-state index contributed by atoms with van der Waals surface area (Å²) in [4.78, 5) is 19.3. The molecule has 4 N–H and O–H groups in total. The molecule has 8 heteroatoms. The van der Waals surface area contributed by atoms with Gasteiger partial charge in [-0.1, -0.05) is 0 Å². The van der Waals surface area contributed by atoms with Crippen LogP contribution in [0.1, 0.15) is 15.9 Å². The fourth-order valence-electron chi connectivity index (χ4n) is 3.54. The van der Waals surface area contributed by atoms with Crippen molar-refractivity contribution in [3.05, 3.63) is 35.7 Å². The van der Waals surface area contributed by atoms with Crippen molar-refractivity contribution in [2.24, 2.45) is 5.73 Å². The molecule has 0 unspecified atom stereocenters. The number of anilines is 1. The van der Waals surface area contributed by atoms with Gasteiger partial charge in [0, 0.05) is 36.9 Å². The number of nitrogens with one attached hydrogen (secondary N) is 1. The van der Waals surface area contributed by atoms with Crippen LogP contribution < -0.4 is 11.1 Å². The van der Waals surface area contributed by atoms with Gasteiger partial charge in [0.15, 0.2) is 5.78 Å². The lowest BCUT2D eigenvalue weighted by Crippen LogP contribution is -2.22. The molecule has 0 saturated heterocycles. The molecule has 0 spiro atoms. The number of hydrogen-bond acceptors (Lipinski definition) is 7. The second-order valence-corrected chi connectivity index (χ2v) is 6.88. The fourth-order valence-corrected chi connectivity index (χ4v) is 3.54. The topological polar surface area (TPSA) is 109 Å². The number of carbonyl (C=O) groups excluding carboxylic acids is 1. The van der Waals surface area contributed by atoms with Crippen LogP contribution in [0, 0.1) is 0 Å². The second kappa shape index (κ2) is 6.64. The van der Waals surface area contributed by atoms with E-state index in [4.69, 9.17) is 5.73 Å². The Hall–Kier alpha value is -2.97. The molecule has 1 aliphatic rings. The summed E-state index contributed by atoms with van der Waals surface area (Å²) in [7, 11) is 4.00. The average Bonchev–Trinajstić information content (AvgIpc) is 2.99. The number of nitrogens with two attached hydrogens (primary N) is 1. The molecule has 1 aliphatic carbocycles. The predicted molar refractivity (Wildman–Crippen MR) is 104 cm³/mol. The Labute approximate surface area is 156 Å². The number of aromatic nitrogens is 3. The first-order valence-electron chi connectivity index (χ1n) is 8.87. The maximum Gasteiger partial charge on any atom is 0.198 e. The highest BCUT2D eigenvalue weighted by molar-refractivity contribution is 6.28. The number of fused-ring (bicyclic) bond motifs is 2. The van der Waals surface area contributed by atoms with Gasteiger partial charge in [-0.25, -0.2) is 0 Å². The average molecular weight is 366 g/mol. The number of carbonyl (C=O) groups is 1. The molecule has 3 aromatic rings. The minimum Gasteiger partial charge on any atom is -0.506 e. The molecular formula is C19H22N6O2. The molecular weight excluding hydrogens is 344 g/mol. The third kappa shape index (κ3) is 2.73. The quantitative estimate of drug-likeness (QED) is 0.471. The highest BCUT2D eigenvalue weighted by Gasteiger charge is 2.33. The molecule has 4 rings (SSSR count). The summed E-state index contributed by atoms with van der Waals surface area (Å²) >= 11 is 0. The molecule has 0 fully saturated rings. The Balaban J connectivity index is 1.95. The first-order valence-corrected chi connectivity index (χ1v) is 8.87. The van der Waals surface area contributed by atoms with E-state index in [0.717, 1.165) is 23.1 Å². The third-order valence-electron chi connectivity index (χ3n) is 4.77. The summed E-state index contributed by atoms with van der Waals surface area (Å²) in [6, 6.07) is 3.85. The van der Waals surface area contributed by atoms with Gasteiger partial charge in [-0.2, -0.15) is 5.10 Å². The van der Waals surface area contributed by atoms with E-state index >= 15 is 0 Å². The summed E-state index contributed by atoms with van der Waals surface area (Å²) in [5, 5.41) is 19.1. The van der Waals surface area contributed by atoms with Gasteiger partial charge in [-0.15, -0.1) is 0 Å². The third-order valence-corrected chi connectivity index (χ3v) is 4.77. The van der Waals surface area contributed by atoms with Gasteiger partial charge in [-0.05, 0) is 26.2 Å². The summed E-state index contributed by atoms with van der Waals surface area (Å²) < 4.78 is 1.79. The Kier molecular flexibility index (Phi) is 4.29. The highest BCUT2D eigenvalue weighted by Crippen LogP contribution is 2.44. The van der Waals surface area contributed by atoms with E-state index in [9.17, 15) is 9.90 Å². The standard InChI is InChI=1S/C19H22N6O2/c1-24(2)8-6-22-12-3-4-13-17-16(12)19(27)11-9-21-10-14(26)15(11)18(17)23-25(13)7-5-20/h3-4,9-10,22,26H,5-8,20H2,1-2H3. The SMILES string of the molecule is CN(C)CCNc1ccc2c3c(nn2CCN)-c2c(O)cncc2C(=O)c13. The van der Waals surface area contributed by atoms with Gasteiger partial charge >= 0.3 is 0 Å². The van der Waals surface area contributed by atoms with E-state index in [2.05, 4.69) is 20.3 Å². The van der Waals surface area contributed by atoms with Crippen LogP contribution in [0.25, 0.3) is 22.2 Å². The van der Waals surface area contributed by atoms with E-state index in [1.165, 1.54) is 12.4 Å². The first-order chi connectivity index (χ1) is 13.0. The minimum atomic E-state index is -0.161. The zero-order chi connectivity index (χ0) is 19.1. The van der Waals surface area contributed by atoms with Crippen molar-refractivity contribution in [2.75, 3.05) is 39.0 Å². The maximum atomic E-state index is 13.3. The summed E-state index contributed by atoms with van der Waals surface area (Å²) in [5.41, 5.74) is 9.29. The molecule has 140 valence electrons. The summed E-state index contributed by atoms with van der Waals surface area (Å²) in [5.74, 6) is -0.206. The van der Waals surface area contributed by atoms with Crippen LogP contribution in [0.3, 0.4) is 0 Å². The lowest BCUT2D eigenvalue weighted by Gasteiger charge is -2.19. The van der Waals surface area contributed by atoms with Crippen LogP contribution in [0.15, 0.2) is 24.5 Å². The molecule has 1 aromatic carbocycles. The number of benzene rings is 1. The van der Waals surface area contributed by atoms with Crippen LogP contribution >= 0.6 is 0 Å². The van der Waals surface area contributed by atoms with Crippen molar-refractivity contribution in [1.82, 2.24) is 19.7 Å². The van der Waals surface area contributed by atoms with Gasteiger partial charge < -0.3 is 21.1 Å². The smallest absolute Gasteiger partial charge is 0.198 e. The largest absolute Gasteiger partial charge is 0.506 e. The molecule has 2 aromatic heterocycles. The number of aromatic hydroxyl groups is 1. The Morgan fingerprint density at radius 2 is 2.07 bits per heavy atom. The fraction of sp³-hybridized carbons (Fsp3) is 0.316. The number of pyridine rings is 1. The van der Waals surface area contributed by atoms with Gasteiger partial charge in [0.05, 0.1) is 34.9 Å². The normalized spacial score (nSPS) is 12.7. The Bertz CT molecular complexity index is 1040. The van der Waals surface area contributed by atoms with Gasteiger partial charge in [0.1, 0.15) is 11.4 Å². The number of nitrogens with zero attached hydrogens (tertiary/aromatic N) is 4. The first kappa shape index (κ1) is 17.4. The number of rotatable bonds is 6. The van der Waals surface area contributed by atoms with E-state index < -0.39 is 0 Å². The van der Waals surface area contributed by atoms with Crippen LogP contribution in [0.2, 0.25) is 0 Å². The highest BCUT2D eigenvalue weighted by atomic mass is 16.3. The lowest BCUT2D eigenvalue weighted by atomic mass is 9.87.